The molecule has 0 aromatic heterocycles. The number of rotatable bonds is 6. The molecular weight excluding hydrogens is 345 g/mol. The molecule has 0 spiro atoms. The summed E-state index contributed by atoms with van der Waals surface area (Å²) >= 11 is 5.84. The van der Waals surface area contributed by atoms with E-state index < -0.39 is 5.82 Å². The van der Waals surface area contributed by atoms with Gasteiger partial charge in [0.2, 0.25) is 0 Å². The van der Waals surface area contributed by atoms with Gasteiger partial charge in [-0.25, -0.2) is 4.39 Å². The summed E-state index contributed by atoms with van der Waals surface area (Å²) in [5, 5.41) is 16.1. The van der Waals surface area contributed by atoms with Crippen LogP contribution in [0.4, 0.5) is 4.39 Å². The van der Waals surface area contributed by atoms with Gasteiger partial charge in [-0.1, -0.05) is 17.7 Å². The van der Waals surface area contributed by atoms with Crippen molar-refractivity contribution in [2.24, 2.45) is 4.99 Å². The number of ether oxygens (including phenoxy) is 1. The van der Waals surface area contributed by atoms with E-state index >= 15 is 0 Å². The van der Waals surface area contributed by atoms with Gasteiger partial charge in [0.1, 0.15) is 11.9 Å². The average molecular weight is 366 g/mol. The van der Waals surface area contributed by atoms with Gasteiger partial charge in [0.25, 0.3) is 0 Å². The molecule has 0 saturated heterocycles. The van der Waals surface area contributed by atoms with Gasteiger partial charge in [-0.05, 0) is 48.9 Å². The monoisotopic (exact) mass is 365 g/mol. The lowest BCUT2D eigenvalue weighted by Gasteiger charge is -2.18. The van der Waals surface area contributed by atoms with Gasteiger partial charge in [0, 0.05) is 18.6 Å². The van der Waals surface area contributed by atoms with Crippen LogP contribution in [0.15, 0.2) is 47.5 Å². The van der Waals surface area contributed by atoms with Gasteiger partial charge in [-0.15, -0.1) is 0 Å². The molecule has 2 aromatic rings. The molecule has 0 aliphatic carbocycles. The van der Waals surface area contributed by atoms with Crippen molar-refractivity contribution in [2.45, 2.75) is 19.6 Å². The first-order chi connectivity index (χ1) is 12.0. The van der Waals surface area contributed by atoms with Crippen molar-refractivity contribution < 1.29 is 14.2 Å². The Kier molecular flexibility index (Phi) is 6.89. The summed E-state index contributed by atoms with van der Waals surface area (Å²) in [7, 11) is 1.65. The van der Waals surface area contributed by atoms with E-state index in [1.807, 2.05) is 19.1 Å². The summed E-state index contributed by atoms with van der Waals surface area (Å²) in [5.41, 5.74) is 0.698. The minimum atomic E-state index is -0.646. The van der Waals surface area contributed by atoms with Crippen molar-refractivity contribution in [1.82, 2.24) is 10.6 Å². The molecule has 0 heterocycles. The zero-order valence-corrected chi connectivity index (χ0v) is 14.8. The zero-order valence-electron chi connectivity index (χ0n) is 14.1. The molecule has 5 nitrogen and oxygen atoms in total. The van der Waals surface area contributed by atoms with Crippen LogP contribution in [0.5, 0.6) is 11.5 Å². The Morgan fingerprint density at radius 1 is 1.24 bits per heavy atom. The van der Waals surface area contributed by atoms with E-state index in [4.69, 9.17) is 16.3 Å². The molecule has 0 saturated carbocycles. The largest absolute Gasteiger partial charge is 0.505 e. The zero-order chi connectivity index (χ0) is 18.2. The van der Waals surface area contributed by atoms with Gasteiger partial charge in [0.05, 0.1) is 6.54 Å². The molecule has 0 aliphatic rings. The second kappa shape index (κ2) is 9.13. The number of aliphatic imine (C=N–C) groups is 1. The van der Waals surface area contributed by atoms with E-state index in [9.17, 15) is 9.50 Å². The Hall–Kier alpha value is -2.47. The highest BCUT2D eigenvalue weighted by molar-refractivity contribution is 6.30. The summed E-state index contributed by atoms with van der Waals surface area (Å²) in [5.74, 6) is 0.299. The van der Waals surface area contributed by atoms with E-state index in [0.29, 0.717) is 29.6 Å². The van der Waals surface area contributed by atoms with Crippen molar-refractivity contribution in [1.29, 1.82) is 0 Å². The summed E-state index contributed by atoms with van der Waals surface area (Å²) in [6, 6.07) is 11.4. The summed E-state index contributed by atoms with van der Waals surface area (Å²) in [6.45, 7) is 2.85. The molecule has 1 unspecified atom stereocenters. The van der Waals surface area contributed by atoms with Crippen LogP contribution in [0.3, 0.4) is 0 Å². The fourth-order valence-electron chi connectivity index (χ4n) is 2.09. The van der Waals surface area contributed by atoms with Crippen LogP contribution >= 0.6 is 11.6 Å². The molecule has 25 heavy (non-hydrogen) atoms. The van der Waals surface area contributed by atoms with Gasteiger partial charge < -0.3 is 20.5 Å². The minimum Gasteiger partial charge on any atom is -0.505 e. The molecule has 0 radical (unpaired) electrons. The number of benzene rings is 2. The summed E-state index contributed by atoms with van der Waals surface area (Å²) in [6.07, 6.45) is -0.0918. The third-order valence-electron chi connectivity index (χ3n) is 3.40. The maximum absolute atomic E-state index is 13.3. The first-order valence-electron chi connectivity index (χ1n) is 7.82. The van der Waals surface area contributed by atoms with E-state index in [1.165, 1.54) is 12.1 Å². The lowest BCUT2D eigenvalue weighted by atomic mass is 10.2. The van der Waals surface area contributed by atoms with E-state index in [-0.39, 0.29) is 11.9 Å². The number of guanidine groups is 1. The molecular formula is C18H21ClFN3O2. The Morgan fingerprint density at radius 2 is 1.96 bits per heavy atom. The van der Waals surface area contributed by atoms with Crippen molar-refractivity contribution in [2.75, 3.05) is 13.6 Å². The molecule has 0 bridgehead atoms. The predicted molar refractivity (Wildman–Crippen MR) is 97.8 cm³/mol. The number of phenolic OH excluding ortho intramolecular Hbond substituents is 1. The van der Waals surface area contributed by atoms with E-state index in [2.05, 4.69) is 15.6 Å². The Morgan fingerprint density at radius 3 is 2.60 bits per heavy atom. The first-order valence-corrected chi connectivity index (χ1v) is 8.20. The van der Waals surface area contributed by atoms with Crippen LogP contribution in [0.1, 0.15) is 12.5 Å². The number of hydrogen-bond acceptors (Lipinski definition) is 3. The lowest BCUT2D eigenvalue weighted by Crippen LogP contribution is -2.41. The number of aromatic hydroxyl groups is 1. The number of nitrogens with one attached hydrogen (secondary N) is 2. The van der Waals surface area contributed by atoms with Crippen LogP contribution in [-0.4, -0.2) is 30.8 Å². The maximum atomic E-state index is 13.3. The SMILES string of the molecule is CN=C(NCc1ccc(O)c(F)c1)NCC(C)Oc1ccc(Cl)cc1. The second-order valence-electron chi connectivity index (χ2n) is 5.47. The second-order valence-corrected chi connectivity index (χ2v) is 5.91. The first kappa shape index (κ1) is 18.9. The number of halogens is 2. The van der Waals surface area contributed by atoms with Crippen LogP contribution < -0.4 is 15.4 Å². The Bertz CT molecular complexity index is 723. The number of hydrogen-bond donors (Lipinski definition) is 3. The van der Waals surface area contributed by atoms with Gasteiger partial charge in [-0.3, -0.25) is 4.99 Å². The van der Waals surface area contributed by atoms with Crippen molar-refractivity contribution in [3.05, 3.63) is 58.9 Å². The molecule has 2 rings (SSSR count). The van der Waals surface area contributed by atoms with Crippen molar-refractivity contribution in [3.8, 4) is 11.5 Å². The molecule has 1 atom stereocenters. The smallest absolute Gasteiger partial charge is 0.191 e. The summed E-state index contributed by atoms with van der Waals surface area (Å²) < 4.78 is 19.1. The quantitative estimate of drug-likeness (QED) is 0.542. The highest BCUT2D eigenvalue weighted by atomic mass is 35.5. The summed E-state index contributed by atoms with van der Waals surface area (Å²) in [4.78, 5) is 4.11. The fourth-order valence-corrected chi connectivity index (χ4v) is 2.22. The van der Waals surface area contributed by atoms with Crippen LogP contribution in [0.2, 0.25) is 5.02 Å². The molecule has 0 fully saturated rings. The normalized spacial score (nSPS) is 12.6. The minimum absolute atomic E-state index is 0.0918. The van der Waals surface area contributed by atoms with Crippen molar-refractivity contribution >= 4 is 17.6 Å². The number of phenols is 1. The molecule has 3 N–H and O–H groups in total. The van der Waals surface area contributed by atoms with Crippen molar-refractivity contribution in [3.63, 3.8) is 0 Å². The molecule has 7 heteroatoms. The van der Waals surface area contributed by atoms with Gasteiger partial charge in [0.15, 0.2) is 17.5 Å². The highest BCUT2D eigenvalue weighted by Gasteiger charge is 2.07. The average Bonchev–Trinajstić information content (AvgIpc) is 2.60. The highest BCUT2D eigenvalue weighted by Crippen LogP contribution is 2.17. The Labute approximate surface area is 151 Å². The van der Waals surface area contributed by atoms with E-state index in [0.717, 1.165) is 5.75 Å². The third-order valence-corrected chi connectivity index (χ3v) is 3.66. The van der Waals surface area contributed by atoms with Crippen LogP contribution in [-0.2, 0) is 6.54 Å². The lowest BCUT2D eigenvalue weighted by molar-refractivity contribution is 0.224. The molecule has 0 amide bonds. The topological polar surface area (TPSA) is 65.9 Å². The third kappa shape index (κ3) is 6.15. The van der Waals surface area contributed by atoms with E-state index in [1.54, 1.807) is 25.2 Å². The standard InChI is InChI=1S/C18H21ClFN3O2/c1-12(25-15-6-4-14(19)5-7-15)10-22-18(21-2)23-11-13-3-8-17(24)16(20)9-13/h3-9,12,24H,10-11H2,1-2H3,(H2,21,22,23). The van der Waals surface area contributed by atoms with Crippen LogP contribution in [0, 0.1) is 5.82 Å². The molecule has 134 valence electrons. The fraction of sp³-hybridized carbons (Fsp3) is 0.278. The van der Waals surface area contributed by atoms with Gasteiger partial charge >= 0.3 is 0 Å². The van der Waals surface area contributed by atoms with Crippen LogP contribution in [0.25, 0.3) is 0 Å². The molecule has 2 aromatic carbocycles. The maximum Gasteiger partial charge on any atom is 0.191 e. The predicted octanol–water partition coefficient (Wildman–Crippen LogP) is 3.32. The Balaban J connectivity index is 1.79. The van der Waals surface area contributed by atoms with Gasteiger partial charge in [-0.2, -0.15) is 0 Å². The molecule has 0 aliphatic heterocycles. The number of nitrogens with zero attached hydrogens (tertiary/aromatic N) is 1.